The number of hydrogen-bond acceptors (Lipinski definition) is 3. The average Bonchev–Trinajstić information content (AvgIpc) is 2.13. The Morgan fingerprint density at radius 1 is 1.00 bits per heavy atom. The highest BCUT2D eigenvalue weighted by Gasteiger charge is 2.00. The molecule has 0 N–H and O–H groups in total. The van der Waals surface area contributed by atoms with Crippen molar-refractivity contribution in [3.63, 3.8) is 0 Å². The van der Waals surface area contributed by atoms with Gasteiger partial charge in [-0.15, -0.1) is 0 Å². The second kappa shape index (κ2) is 9.53. The molecule has 3 heteroatoms. The smallest absolute Gasteiger partial charge is 0.222 e. The van der Waals surface area contributed by atoms with Crippen molar-refractivity contribution in [2.24, 2.45) is 0 Å². The van der Waals surface area contributed by atoms with Crippen LogP contribution in [0.3, 0.4) is 0 Å². The molecule has 13 heavy (non-hydrogen) atoms. The molecular formula is C10H18O3. The lowest BCUT2D eigenvalue weighted by Gasteiger charge is -2.09. The molecule has 0 fully saturated rings. The van der Waals surface area contributed by atoms with Gasteiger partial charge in [0, 0.05) is 19.8 Å². The fourth-order valence-corrected chi connectivity index (χ4v) is 0.712. The first-order chi connectivity index (χ1) is 6.35. The van der Waals surface area contributed by atoms with Gasteiger partial charge in [-0.25, -0.2) is 0 Å². The molecular weight excluding hydrogens is 168 g/mol. The van der Waals surface area contributed by atoms with E-state index < -0.39 is 6.29 Å². The molecule has 0 unspecified atom stereocenters. The molecule has 0 heterocycles. The summed E-state index contributed by atoms with van der Waals surface area (Å²) in [5, 5.41) is 0. The molecule has 0 saturated heterocycles. The lowest BCUT2D eigenvalue weighted by atomic mass is 10.5. The number of rotatable bonds is 6. The lowest BCUT2D eigenvalue weighted by molar-refractivity contribution is -0.0971. The van der Waals surface area contributed by atoms with Gasteiger partial charge in [0.15, 0.2) is 0 Å². The van der Waals surface area contributed by atoms with Gasteiger partial charge in [0.05, 0.1) is 0 Å². The number of hydrogen-bond donors (Lipinski definition) is 0. The summed E-state index contributed by atoms with van der Waals surface area (Å²) in [4.78, 5) is 0. The Morgan fingerprint density at radius 3 is 2.08 bits per heavy atom. The van der Waals surface area contributed by atoms with Crippen LogP contribution in [0.2, 0.25) is 0 Å². The van der Waals surface area contributed by atoms with Crippen LogP contribution in [0.5, 0.6) is 0 Å². The third-order valence-corrected chi connectivity index (χ3v) is 1.23. The Balaban J connectivity index is 3.68. The van der Waals surface area contributed by atoms with Crippen LogP contribution < -0.4 is 0 Å². The van der Waals surface area contributed by atoms with Gasteiger partial charge in [0.25, 0.3) is 0 Å². The van der Waals surface area contributed by atoms with Crippen LogP contribution in [0.4, 0.5) is 0 Å². The van der Waals surface area contributed by atoms with Crippen molar-refractivity contribution in [1.82, 2.24) is 0 Å². The standard InChI is InChI=1S/C10H18O3/c1-4-11-9-7-8-10(12-5-2)13-6-3/h10H,4-6,9H2,1-3H3. The van der Waals surface area contributed by atoms with Crippen molar-refractivity contribution in [3.8, 4) is 11.8 Å². The van der Waals surface area contributed by atoms with E-state index >= 15 is 0 Å². The minimum Gasteiger partial charge on any atom is -0.369 e. The second-order valence-corrected chi connectivity index (χ2v) is 2.20. The Hall–Kier alpha value is -0.560. The quantitative estimate of drug-likeness (QED) is 0.357. The summed E-state index contributed by atoms with van der Waals surface area (Å²) in [5.41, 5.74) is 0. The lowest BCUT2D eigenvalue weighted by Crippen LogP contribution is -2.15. The van der Waals surface area contributed by atoms with Crippen LogP contribution in [0.25, 0.3) is 0 Å². The largest absolute Gasteiger partial charge is 0.369 e. The molecule has 0 aliphatic heterocycles. The number of ether oxygens (including phenoxy) is 3. The maximum atomic E-state index is 5.21. The molecule has 0 rings (SSSR count). The average molecular weight is 186 g/mol. The molecule has 0 radical (unpaired) electrons. The maximum Gasteiger partial charge on any atom is 0.222 e. The molecule has 0 aromatic rings. The van der Waals surface area contributed by atoms with E-state index in [1.54, 1.807) is 0 Å². The first-order valence-electron chi connectivity index (χ1n) is 4.64. The van der Waals surface area contributed by atoms with E-state index in [1.807, 2.05) is 20.8 Å². The van der Waals surface area contributed by atoms with Crippen LogP contribution in [-0.2, 0) is 14.2 Å². The Kier molecular flexibility index (Phi) is 9.12. The van der Waals surface area contributed by atoms with Gasteiger partial charge in [-0.3, -0.25) is 0 Å². The van der Waals surface area contributed by atoms with Crippen LogP contribution >= 0.6 is 0 Å². The molecule has 0 saturated carbocycles. The van der Waals surface area contributed by atoms with E-state index in [4.69, 9.17) is 14.2 Å². The highest BCUT2D eigenvalue weighted by atomic mass is 16.7. The first-order valence-corrected chi connectivity index (χ1v) is 4.64. The van der Waals surface area contributed by atoms with Crippen molar-refractivity contribution in [3.05, 3.63) is 0 Å². The fraction of sp³-hybridized carbons (Fsp3) is 0.800. The maximum absolute atomic E-state index is 5.21. The zero-order chi connectivity index (χ0) is 9.94. The molecule has 0 bridgehead atoms. The van der Waals surface area contributed by atoms with Gasteiger partial charge in [0.2, 0.25) is 6.29 Å². The van der Waals surface area contributed by atoms with Crippen molar-refractivity contribution in [1.29, 1.82) is 0 Å². The predicted octanol–water partition coefficient (Wildman–Crippen LogP) is 1.43. The predicted molar refractivity (Wildman–Crippen MR) is 51.3 cm³/mol. The molecule has 0 aliphatic carbocycles. The topological polar surface area (TPSA) is 27.7 Å². The molecule has 0 aromatic heterocycles. The SMILES string of the molecule is CCOCC#CC(OCC)OCC. The second-order valence-electron chi connectivity index (χ2n) is 2.20. The Morgan fingerprint density at radius 2 is 1.62 bits per heavy atom. The zero-order valence-corrected chi connectivity index (χ0v) is 8.63. The van der Waals surface area contributed by atoms with Crippen molar-refractivity contribution >= 4 is 0 Å². The first kappa shape index (κ1) is 12.4. The van der Waals surface area contributed by atoms with E-state index in [-0.39, 0.29) is 0 Å². The molecule has 0 amide bonds. The monoisotopic (exact) mass is 186 g/mol. The third-order valence-electron chi connectivity index (χ3n) is 1.23. The highest BCUT2D eigenvalue weighted by Crippen LogP contribution is 1.92. The third kappa shape index (κ3) is 7.79. The van der Waals surface area contributed by atoms with E-state index in [1.165, 1.54) is 0 Å². The molecule has 3 nitrogen and oxygen atoms in total. The van der Waals surface area contributed by atoms with Gasteiger partial charge >= 0.3 is 0 Å². The Labute approximate surface area is 80.4 Å². The van der Waals surface area contributed by atoms with Gasteiger partial charge in [-0.05, 0) is 26.7 Å². The Bertz CT molecular complexity index is 151. The molecule has 0 atom stereocenters. The summed E-state index contributed by atoms with van der Waals surface area (Å²) in [5.74, 6) is 5.67. The van der Waals surface area contributed by atoms with E-state index in [0.29, 0.717) is 26.4 Å². The normalized spacial score (nSPS) is 9.85. The van der Waals surface area contributed by atoms with E-state index in [9.17, 15) is 0 Å². The summed E-state index contributed by atoms with van der Waals surface area (Å²) in [6.07, 6.45) is -0.407. The van der Waals surface area contributed by atoms with Crippen LogP contribution in [0.15, 0.2) is 0 Å². The van der Waals surface area contributed by atoms with E-state index in [2.05, 4.69) is 11.8 Å². The van der Waals surface area contributed by atoms with Gasteiger partial charge in [-0.2, -0.15) is 0 Å². The van der Waals surface area contributed by atoms with Gasteiger partial charge < -0.3 is 14.2 Å². The highest BCUT2D eigenvalue weighted by molar-refractivity contribution is 5.02. The van der Waals surface area contributed by atoms with Crippen LogP contribution in [-0.4, -0.2) is 32.7 Å². The van der Waals surface area contributed by atoms with Crippen molar-refractivity contribution < 1.29 is 14.2 Å². The van der Waals surface area contributed by atoms with Crippen molar-refractivity contribution in [2.45, 2.75) is 27.1 Å². The van der Waals surface area contributed by atoms with Crippen molar-refractivity contribution in [2.75, 3.05) is 26.4 Å². The molecule has 0 aromatic carbocycles. The van der Waals surface area contributed by atoms with E-state index in [0.717, 1.165) is 0 Å². The molecule has 0 spiro atoms. The van der Waals surface area contributed by atoms with Crippen LogP contribution in [0, 0.1) is 11.8 Å². The summed E-state index contributed by atoms with van der Waals surface area (Å²) >= 11 is 0. The fourth-order valence-electron chi connectivity index (χ4n) is 0.712. The summed E-state index contributed by atoms with van der Waals surface area (Å²) < 4.78 is 15.5. The zero-order valence-electron chi connectivity index (χ0n) is 8.63. The van der Waals surface area contributed by atoms with Gasteiger partial charge in [0.1, 0.15) is 6.61 Å². The minimum absolute atomic E-state index is 0.407. The summed E-state index contributed by atoms with van der Waals surface area (Å²) in [6, 6.07) is 0. The minimum atomic E-state index is -0.407. The van der Waals surface area contributed by atoms with Crippen LogP contribution in [0.1, 0.15) is 20.8 Å². The summed E-state index contributed by atoms with van der Waals surface area (Å²) in [7, 11) is 0. The molecule has 0 aliphatic rings. The summed E-state index contributed by atoms with van der Waals surface area (Å²) in [6.45, 7) is 8.09. The molecule has 76 valence electrons. The van der Waals surface area contributed by atoms with Gasteiger partial charge in [-0.1, -0.05) is 5.92 Å².